The van der Waals surface area contributed by atoms with Crippen molar-refractivity contribution in [1.29, 1.82) is 0 Å². The Bertz CT molecular complexity index is 878. The molecule has 1 saturated heterocycles. The summed E-state index contributed by atoms with van der Waals surface area (Å²) in [7, 11) is 5.80. The maximum atomic E-state index is 13.1. The predicted molar refractivity (Wildman–Crippen MR) is 124 cm³/mol. The molecule has 0 radical (unpaired) electrons. The van der Waals surface area contributed by atoms with Crippen LogP contribution in [0.25, 0.3) is 10.9 Å². The van der Waals surface area contributed by atoms with E-state index >= 15 is 0 Å². The van der Waals surface area contributed by atoms with Crippen LogP contribution in [0.3, 0.4) is 0 Å². The Kier molecular flexibility index (Phi) is 7.18. The lowest BCUT2D eigenvalue weighted by Crippen LogP contribution is -2.42. The Balaban J connectivity index is 1.43. The number of rotatable bonds is 6. The maximum absolute atomic E-state index is 13.1. The lowest BCUT2D eigenvalue weighted by molar-refractivity contribution is 0.0439. The summed E-state index contributed by atoms with van der Waals surface area (Å²) in [5.74, 6) is 0.806. The number of ether oxygens (including phenoxy) is 2. The van der Waals surface area contributed by atoms with E-state index < -0.39 is 0 Å². The van der Waals surface area contributed by atoms with Gasteiger partial charge in [-0.2, -0.15) is 0 Å². The summed E-state index contributed by atoms with van der Waals surface area (Å²) in [5.41, 5.74) is 2.04. The summed E-state index contributed by atoms with van der Waals surface area (Å²) in [5, 5.41) is 1.06. The van der Waals surface area contributed by atoms with Crippen molar-refractivity contribution in [3.8, 4) is 5.75 Å². The van der Waals surface area contributed by atoms with Crippen LogP contribution in [0.5, 0.6) is 5.75 Å². The van der Waals surface area contributed by atoms with Crippen LogP contribution in [0.4, 0.5) is 4.79 Å². The molecule has 0 atom stereocenters. The van der Waals surface area contributed by atoms with Crippen LogP contribution in [-0.4, -0.2) is 73.4 Å². The van der Waals surface area contributed by atoms with Crippen LogP contribution in [0.1, 0.15) is 50.5 Å². The number of piperidine rings is 1. The third-order valence-electron chi connectivity index (χ3n) is 6.94. The Morgan fingerprint density at radius 1 is 1.10 bits per heavy atom. The molecule has 31 heavy (non-hydrogen) atoms. The van der Waals surface area contributed by atoms with E-state index in [4.69, 9.17) is 9.47 Å². The van der Waals surface area contributed by atoms with E-state index in [0.29, 0.717) is 6.04 Å². The van der Waals surface area contributed by atoms with E-state index in [-0.39, 0.29) is 12.2 Å². The molecule has 2 fully saturated rings. The van der Waals surface area contributed by atoms with Crippen molar-refractivity contribution in [2.75, 3.05) is 40.8 Å². The zero-order chi connectivity index (χ0) is 21.8. The van der Waals surface area contributed by atoms with Crippen molar-refractivity contribution in [3.05, 3.63) is 30.0 Å². The first-order valence-corrected chi connectivity index (χ1v) is 11.8. The van der Waals surface area contributed by atoms with Gasteiger partial charge in [-0.15, -0.1) is 0 Å². The molecule has 2 aromatic rings. The zero-order valence-electron chi connectivity index (χ0n) is 19.3. The first-order chi connectivity index (χ1) is 15.0. The Morgan fingerprint density at radius 3 is 2.52 bits per heavy atom. The molecule has 1 saturated carbocycles. The normalized spacial score (nSPS) is 22.7. The maximum Gasteiger partial charge on any atom is 0.418 e. The number of nitrogens with zero attached hydrogens (tertiary/aromatic N) is 3. The van der Waals surface area contributed by atoms with Gasteiger partial charge in [0, 0.05) is 24.2 Å². The summed E-state index contributed by atoms with van der Waals surface area (Å²) in [6.45, 7) is 3.40. The molecule has 0 unspecified atom stereocenters. The number of aromatic nitrogens is 1. The van der Waals surface area contributed by atoms with Gasteiger partial charge in [0.05, 0.1) is 12.6 Å². The van der Waals surface area contributed by atoms with Gasteiger partial charge in [0.15, 0.2) is 0 Å². The second-order valence-electron chi connectivity index (χ2n) is 9.37. The monoisotopic (exact) mass is 427 g/mol. The number of carbonyl (C=O) groups is 1. The third kappa shape index (κ3) is 5.24. The van der Waals surface area contributed by atoms with E-state index in [1.54, 1.807) is 11.7 Å². The molecule has 1 aliphatic carbocycles. The van der Waals surface area contributed by atoms with Crippen LogP contribution < -0.4 is 4.74 Å². The molecule has 0 amide bonds. The van der Waals surface area contributed by atoms with Crippen molar-refractivity contribution < 1.29 is 14.3 Å². The van der Waals surface area contributed by atoms with E-state index in [1.165, 1.54) is 32.4 Å². The molecule has 2 heterocycles. The smallest absolute Gasteiger partial charge is 0.418 e. The summed E-state index contributed by atoms with van der Waals surface area (Å²) < 4.78 is 13.1. The summed E-state index contributed by atoms with van der Waals surface area (Å²) in [6.07, 6.45) is 10.8. The van der Waals surface area contributed by atoms with Crippen molar-refractivity contribution in [2.45, 2.75) is 63.5 Å². The van der Waals surface area contributed by atoms with Crippen molar-refractivity contribution >= 4 is 17.0 Å². The highest BCUT2D eigenvalue weighted by molar-refractivity contribution is 5.92. The van der Waals surface area contributed by atoms with E-state index in [1.807, 2.05) is 24.4 Å². The lowest BCUT2D eigenvalue weighted by Gasteiger charge is -2.38. The summed E-state index contributed by atoms with van der Waals surface area (Å²) in [6, 6.07) is 6.56. The highest BCUT2D eigenvalue weighted by Gasteiger charge is 2.29. The van der Waals surface area contributed by atoms with Crippen LogP contribution in [0.15, 0.2) is 24.4 Å². The van der Waals surface area contributed by atoms with Gasteiger partial charge >= 0.3 is 6.09 Å². The highest BCUT2D eigenvalue weighted by Crippen LogP contribution is 2.30. The van der Waals surface area contributed by atoms with Gasteiger partial charge in [-0.05, 0) is 95.9 Å². The minimum Gasteiger partial charge on any atom is -0.497 e. The van der Waals surface area contributed by atoms with Gasteiger partial charge in [-0.1, -0.05) is 6.42 Å². The summed E-state index contributed by atoms with van der Waals surface area (Å²) >= 11 is 0. The van der Waals surface area contributed by atoms with Crippen LogP contribution in [0, 0.1) is 0 Å². The number of benzene rings is 1. The zero-order valence-corrected chi connectivity index (χ0v) is 19.3. The Hall–Kier alpha value is -2.05. The van der Waals surface area contributed by atoms with Gasteiger partial charge in [0.2, 0.25) is 0 Å². The van der Waals surface area contributed by atoms with E-state index in [0.717, 1.165) is 60.9 Å². The number of likely N-dealkylation sites (N-methyl/N-ethyl adjacent to an activating group) is 1. The minimum atomic E-state index is -0.257. The molecule has 0 N–H and O–H groups in total. The van der Waals surface area contributed by atoms with Gasteiger partial charge in [-0.25, -0.2) is 4.79 Å². The third-order valence-corrected chi connectivity index (χ3v) is 6.94. The molecule has 1 aliphatic heterocycles. The molecule has 6 heteroatoms. The van der Waals surface area contributed by atoms with E-state index in [9.17, 15) is 4.79 Å². The lowest BCUT2D eigenvalue weighted by atomic mass is 9.90. The van der Waals surface area contributed by atoms with Gasteiger partial charge in [-0.3, -0.25) is 4.57 Å². The quantitative estimate of drug-likeness (QED) is 0.678. The van der Waals surface area contributed by atoms with E-state index in [2.05, 4.69) is 23.9 Å². The molecule has 0 bridgehead atoms. The Morgan fingerprint density at radius 2 is 1.84 bits per heavy atom. The molecule has 2 aliphatic rings. The molecular formula is C25H37N3O3. The topological polar surface area (TPSA) is 46.9 Å². The van der Waals surface area contributed by atoms with Crippen LogP contribution in [-0.2, 0) is 11.2 Å². The second-order valence-corrected chi connectivity index (χ2v) is 9.37. The van der Waals surface area contributed by atoms with Crippen LogP contribution in [0.2, 0.25) is 0 Å². The second kappa shape index (κ2) is 10.0. The number of likely N-dealkylation sites (tertiary alicyclic amines) is 1. The fraction of sp³-hybridized carbons (Fsp3) is 0.640. The predicted octanol–water partition coefficient (Wildman–Crippen LogP) is 4.54. The number of fused-ring (bicyclic) bond motifs is 1. The first kappa shape index (κ1) is 22.2. The summed E-state index contributed by atoms with van der Waals surface area (Å²) in [4.78, 5) is 17.9. The number of methoxy groups -OCH3 is 1. The van der Waals surface area contributed by atoms with Crippen molar-refractivity contribution in [3.63, 3.8) is 0 Å². The van der Waals surface area contributed by atoms with Crippen molar-refractivity contribution in [2.24, 2.45) is 0 Å². The molecular weight excluding hydrogens is 390 g/mol. The standard InChI is InChI=1S/C25H37N3O3/c1-26(2)16-13-19-18-28(24-12-11-22(30-3)17-23(19)24)25(29)31-21-9-7-20(8-10-21)27-14-5-4-6-15-27/h11-12,17-18,20-21H,4-10,13-16H2,1-3H3. The molecule has 4 rings (SSSR count). The number of carbonyl (C=O) groups excluding carboxylic acids is 1. The van der Waals surface area contributed by atoms with Crippen molar-refractivity contribution in [1.82, 2.24) is 14.4 Å². The molecule has 1 aromatic heterocycles. The fourth-order valence-corrected chi connectivity index (χ4v) is 5.11. The van der Waals surface area contributed by atoms with Gasteiger partial charge < -0.3 is 19.3 Å². The molecule has 170 valence electrons. The number of hydrogen-bond donors (Lipinski definition) is 0. The average molecular weight is 428 g/mol. The minimum absolute atomic E-state index is 0.0227. The first-order valence-electron chi connectivity index (χ1n) is 11.8. The van der Waals surface area contributed by atoms with Gasteiger partial charge in [0.25, 0.3) is 0 Å². The Labute approximate surface area is 186 Å². The largest absolute Gasteiger partial charge is 0.497 e. The SMILES string of the molecule is COc1ccc2c(c1)c(CCN(C)C)cn2C(=O)OC1CCC(N2CCCCC2)CC1. The highest BCUT2D eigenvalue weighted by atomic mass is 16.6. The average Bonchev–Trinajstić information content (AvgIpc) is 3.16. The fourth-order valence-electron chi connectivity index (χ4n) is 5.11. The number of hydrogen-bond acceptors (Lipinski definition) is 5. The molecule has 6 nitrogen and oxygen atoms in total. The van der Waals surface area contributed by atoms with Gasteiger partial charge in [0.1, 0.15) is 11.9 Å². The molecule has 0 spiro atoms. The molecule has 1 aromatic carbocycles. The van der Waals surface area contributed by atoms with Crippen LogP contribution >= 0.6 is 0 Å².